The van der Waals surface area contributed by atoms with Crippen molar-refractivity contribution < 1.29 is 27.8 Å². The summed E-state index contributed by atoms with van der Waals surface area (Å²) in [6, 6.07) is 0. The van der Waals surface area contributed by atoms with Gasteiger partial charge < -0.3 is 14.6 Å². The number of carbonyl (C=O) groups excluding carboxylic acids is 1. The lowest BCUT2D eigenvalue weighted by atomic mass is 9.95. The lowest BCUT2D eigenvalue weighted by Gasteiger charge is -2.19. The van der Waals surface area contributed by atoms with Crippen LogP contribution in [0.1, 0.15) is 20.8 Å². The van der Waals surface area contributed by atoms with Gasteiger partial charge in [-0.05, 0) is 26.8 Å². The average Bonchev–Trinajstić information content (AvgIpc) is 2.25. The van der Waals surface area contributed by atoms with E-state index in [0.29, 0.717) is 0 Å². The molecule has 6 heteroatoms. The van der Waals surface area contributed by atoms with Crippen LogP contribution >= 0.6 is 0 Å². The van der Waals surface area contributed by atoms with Crippen LogP contribution in [0, 0.1) is 5.41 Å². The first-order valence-corrected chi connectivity index (χ1v) is 4.70. The third kappa shape index (κ3) is 8.36. The smallest absolute Gasteiger partial charge is 0.400 e. The highest BCUT2D eigenvalue weighted by atomic mass is 19.4. The molecule has 0 aromatic rings. The van der Waals surface area contributed by atoms with Crippen molar-refractivity contribution >= 4 is 6.29 Å². The SMILES string of the molecule is C/C=C(O)\C=C\OC.CC(C)(C=O)C(F)(F)F. The first-order valence-electron chi connectivity index (χ1n) is 4.70. The Morgan fingerprint density at radius 3 is 1.94 bits per heavy atom. The fourth-order valence-electron chi connectivity index (χ4n) is 0.301. The number of carbonyl (C=O) groups is 1. The molecule has 0 unspecified atom stereocenters. The molecule has 0 aliphatic rings. The van der Waals surface area contributed by atoms with Gasteiger partial charge in [0.15, 0.2) is 0 Å². The number of hydrogen-bond acceptors (Lipinski definition) is 3. The van der Waals surface area contributed by atoms with Gasteiger partial charge in [0, 0.05) is 6.08 Å². The summed E-state index contributed by atoms with van der Waals surface area (Å²) in [5.74, 6) is 0.215. The maximum atomic E-state index is 11.6. The van der Waals surface area contributed by atoms with E-state index in [9.17, 15) is 18.0 Å². The highest BCUT2D eigenvalue weighted by Gasteiger charge is 2.47. The summed E-state index contributed by atoms with van der Waals surface area (Å²) in [7, 11) is 1.53. The van der Waals surface area contributed by atoms with Crippen molar-refractivity contribution in [2.24, 2.45) is 5.41 Å². The minimum Gasteiger partial charge on any atom is -0.508 e. The standard InChI is InChI=1S/C6H10O2.C5H7F3O/c1-3-6(7)4-5-8-2;1-4(2,3-9)5(6,7)8/h3-5,7H,1-2H3;3H,1-2H3/b5-4+,6-3+;. The predicted molar refractivity (Wildman–Crippen MR) is 58.4 cm³/mol. The predicted octanol–water partition coefficient (Wildman–Crippen LogP) is 3.38. The molecule has 100 valence electrons. The Labute approximate surface area is 98.6 Å². The topological polar surface area (TPSA) is 46.5 Å². The molecule has 1 N–H and O–H groups in total. The van der Waals surface area contributed by atoms with Gasteiger partial charge in [-0.3, -0.25) is 0 Å². The monoisotopic (exact) mass is 254 g/mol. The number of aldehydes is 1. The Morgan fingerprint density at radius 1 is 1.29 bits per heavy atom. The first-order chi connectivity index (χ1) is 7.62. The van der Waals surface area contributed by atoms with E-state index in [0.717, 1.165) is 13.8 Å². The van der Waals surface area contributed by atoms with E-state index in [1.54, 1.807) is 13.0 Å². The second kappa shape index (κ2) is 7.76. The zero-order valence-electron chi connectivity index (χ0n) is 10.2. The summed E-state index contributed by atoms with van der Waals surface area (Å²) in [4.78, 5) is 9.75. The summed E-state index contributed by atoms with van der Waals surface area (Å²) in [6.45, 7) is 3.41. The highest BCUT2D eigenvalue weighted by molar-refractivity contribution is 5.59. The van der Waals surface area contributed by atoms with E-state index in [1.165, 1.54) is 19.4 Å². The van der Waals surface area contributed by atoms with E-state index in [-0.39, 0.29) is 12.0 Å². The third-order valence-corrected chi connectivity index (χ3v) is 1.70. The fraction of sp³-hybridized carbons (Fsp3) is 0.545. The molecule has 0 aromatic heterocycles. The molecule has 3 nitrogen and oxygen atoms in total. The number of alkyl halides is 3. The normalized spacial score (nSPS) is 13.0. The Kier molecular flexibility index (Phi) is 8.17. The number of aliphatic hydroxyl groups is 1. The Bertz CT molecular complexity index is 278. The molecule has 0 amide bonds. The van der Waals surface area contributed by atoms with Crippen molar-refractivity contribution in [3.05, 3.63) is 24.2 Å². The molecule has 0 aliphatic carbocycles. The zero-order chi connectivity index (χ0) is 14.1. The quantitative estimate of drug-likeness (QED) is 0.477. The lowest BCUT2D eigenvalue weighted by molar-refractivity contribution is -0.203. The molecule has 0 rings (SSSR count). The van der Waals surface area contributed by atoms with Crippen LogP contribution in [-0.4, -0.2) is 24.7 Å². The van der Waals surface area contributed by atoms with Gasteiger partial charge in [0.2, 0.25) is 0 Å². The molecule has 17 heavy (non-hydrogen) atoms. The van der Waals surface area contributed by atoms with Crippen molar-refractivity contribution in [3.63, 3.8) is 0 Å². The van der Waals surface area contributed by atoms with Gasteiger partial charge in [0.1, 0.15) is 17.5 Å². The number of rotatable bonds is 3. The van der Waals surface area contributed by atoms with Crippen molar-refractivity contribution in [1.29, 1.82) is 0 Å². The maximum Gasteiger partial charge on any atom is 0.400 e. The summed E-state index contributed by atoms with van der Waals surface area (Å²) in [5.41, 5.74) is -2.20. The lowest BCUT2D eigenvalue weighted by Crippen LogP contribution is -2.33. The van der Waals surface area contributed by atoms with Crippen LogP contribution < -0.4 is 0 Å². The first kappa shape index (κ1) is 17.9. The van der Waals surface area contributed by atoms with Gasteiger partial charge in [0.25, 0.3) is 0 Å². The largest absolute Gasteiger partial charge is 0.508 e. The van der Waals surface area contributed by atoms with Gasteiger partial charge >= 0.3 is 6.18 Å². The Hall–Kier alpha value is -1.46. The summed E-state index contributed by atoms with van der Waals surface area (Å²) >= 11 is 0. The average molecular weight is 254 g/mol. The molecule has 0 saturated carbocycles. The molecule has 0 aromatic carbocycles. The van der Waals surface area contributed by atoms with Crippen LogP contribution in [0.5, 0.6) is 0 Å². The second-order valence-electron chi connectivity index (χ2n) is 3.59. The Morgan fingerprint density at radius 2 is 1.76 bits per heavy atom. The van der Waals surface area contributed by atoms with E-state index in [1.807, 2.05) is 0 Å². The van der Waals surface area contributed by atoms with Gasteiger partial charge in [0.05, 0.1) is 13.4 Å². The van der Waals surface area contributed by atoms with Gasteiger partial charge in [-0.25, -0.2) is 0 Å². The number of ether oxygens (including phenoxy) is 1. The molecule has 0 radical (unpaired) electrons. The third-order valence-electron chi connectivity index (χ3n) is 1.70. The van der Waals surface area contributed by atoms with E-state index in [4.69, 9.17) is 5.11 Å². The van der Waals surface area contributed by atoms with Gasteiger partial charge in [-0.2, -0.15) is 13.2 Å². The summed E-state index contributed by atoms with van der Waals surface area (Å²) < 4.78 is 39.3. The second-order valence-corrected chi connectivity index (χ2v) is 3.59. The molecular formula is C11H17F3O3. The van der Waals surface area contributed by atoms with Crippen molar-refractivity contribution in [3.8, 4) is 0 Å². The van der Waals surface area contributed by atoms with Crippen molar-refractivity contribution in [2.45, 2.75) is 26.9 Å². The molecule has 0 atom stereocenters. The minimum atomic E-state index is -4.42. The highest BCUT2D eigenvalue weighted by Crippen LogP contribution is 2.34. The minimum absolute atomic E-state index is 0.104. The molecule has 0 aliphatic heterocycles. The molecule has 0 heterocycles. The van der Waals surface area contributed by atoms with Crippen LogP contribution in [0.15, 0.2) is 24.2 Å². The van der Waals surface area contributed by atoms with Crippen LogP contribution in [0.3, 0.4) is 0 Å². The Balaban J connectivity index is 0. The van der Waals surface area contributed by atoms with Crippen molar-refractivity contribution in [2.75, 3.05) is 7.11 Å². The number of aliphatic hydroxyl groups excluding tert-OH is 1. The fourth-order valence-corrected chi connectivity index (χ4v) is 0.301. The van der Waals surface area contributed by atoms with Crippen LogP contribution in [0.4, 0.5) is 13.2 Å². The van der Waals surface area contributed by atoms with E-state index >= 15 is 0 Å². The molecular weight excluding hydrogens is 237 g/mol. The molecule has 0 saturated heterocycles. The van der Waals surface area contributed by atoms with Crippen molar-refractivity contribution in [1.82, 2.24) is 0 Å². The number of hydrogen-bond donors (Lipinski definition) is 1. The van der Waals surface area contributed by atoms with Crippen LogP contribution in [-0.2, 0) is 9.53 Å². The number of allylic oxidation sites excluding steroid dienone is 2. The molecule has 0 fully saturated rings. The summed E-state index contributed by atoms with van der Waals surface area (Å²) in [6.07, 6.45) is -0.0629. The molecule has 0 spiro atoms. The van der Waals surface area contributed by atoms with Crippen LogP contribution in [0.25, 0.3) is 0 Å². The van der Waals surface area contributed by atoms with E-state index in [2.05, 4.69) is 4.74 Å². The number of methoxy groups -OCH3 is 1. The van der Waals surface area contributed by atoms with Gasteiger partial charge in [-0.15, -0.1) is 0 Å². The maximum absolute atomic E-state index is 11.6. The molecule has 0 bridgehead atoms. The van der Waals surface area contributed by atoms with Gasteiger partial charge in [-0.1, -0.05) is 0 Å². The number of halogens is 3. The summed E-state index contributed by atoms with van der Waals surface area (Å²) in [5, 5.41) is 8.68. The zero-order valence-corrected chi connectivity index (χ0v) is 10.2. The van der Waals surface area contributed by atoms with Crippen LogP contribution in [0.2, 0.25) is 0 Å². The van der Waals surface area contributed by atoms with E-state index < -0.39 is 11.6 Å².